The van der Waals surface area contributed by atoms with Crippen LogP contribution >= 0.6 is 0 Å². The number of hydrogen-bond donors (Lipinski definition) is 2. The fourth-order valence-corrected chi connectivity index (χ4v) is 6.31. The molecule has 3 aliphatic rings. The topological polar surface area (TPSA) is 141 Å². The fourth-order valence-electron chi connectivity index (χ4n) is 5.32. The van der Waals surface area contributed by atoms with Gasteiger partial charge in [0.15, 0.2) is 11.5 Å². The molecular weight excluding hydrogens is 608 g/mol. The van der Waals surface area contributed by atoms with E-state index in [1.54, 1.807) is 47.7 Å². The third kappa shape index (κ3) is 5.76. The summed E-state index contributed by atoms with van der Waals surface area (Å²) in [6, 6.07) is 5.84. The number of fused-ring (bicyclic) bond motifs is 1. The van der Waals surface area contributed by atoms with Gasteiger partial charge in [0.1, 0.15) is 17.1 Å². The summed E-state index contributed by atoms with van der Waals surface area (Å²) in [7, 11) is 2.14. The Bertz CT molecular complexity index is 1820. The maximum absolute atomic E-state index is 14.1. The van der Waals surface area contributed by atoms with Crippen molar-refractivity contribution >= 4 is 52.0 Å². The van der Waals surface area contributed by atoms with E-state index in [2.05, 4.69) is 0 Å². The lowest BCUT2D eigenvalue weighted by molar-refractivity contribution is -0.133. The molecule has 3 amide bonds. The van der Waals surface area contributed by atoms with Crippen molar-refractivity contribution in [3.05, 3.63) is 81.4 Å². The van der Waals surface area contributed by atoms with E-state index in [4.69, 9.17) is 14.3 Å². The Kier molecular flexibility index (Phi) is 8.06. The Hall–Kier alpha value is -4.97. The predicted molar refractivity (Wildman–Crippen MR) is 177 cm³/mol. The summed E-state index contributed by atoms with van der Waals surface area (Å²) in [4.78, 5) is 56.7. The number of nitrogens with one attached hydrogen (secondary N) is 1. The minimum Gasteiger partial charge on any atom is -0.507 e. The second-order valence-corrected chi connectivity index (χ2v) is 14.5. The van der Waals surface area contributed by atoms with Gasteiger partial charge in [-0.2, -0.15) is 0 Å². The molecule has 2 N–H and O–H groups in total. The average molecular weight is 645 g/mol. The van der Waals surface area contributed by atoms with E-state index in [0.717, 1.165) is 17.1 Å². The first-order chi connectivity index (χ1) is 21.4. The number of imide groups is 1. The third-order valence-electron chi connectivity index (χ3n) is 7.76. The highest BCUT2D eigenvalue weighted by Crippen LogP contribution is 2.48. The molecule has 3 aliphatic heterocycles. The van der Waals surface area contributed by atoms with Gasteiger partial charge in [0.05, 0.1) is 10.7 Å². The Morgan fingerprint density at radius 1 is 0.913 bits per heavy atom. The number of carbonyl (C=O) groups is 4. The number of carbonyl (C=O) groups excluding carboxylic acids is 4. The van der Waals surface area contributed by atoms with Gasteiger partial charge in [-0.3, -0.25) is 14.5 Å². The zero-order chi connectivity index (χ0) is 33.9. The SMILES string of the molecule is CN1C(=O)N(c2ccc(N(C)C3=CC=CS3=N)c3c2OC(=O)/C=C/C(=O)O3)C(=O)/C1=C\c1cc(C(C)(C)C)c(O)c(C(C)(C)C)c1. The number of phenols is 1. The fraction of sp³-hybridized carbons (Fsp3) is 0.294. The van der Waals surface area contributed by atoms with Crippen LogP contribution in [0.4, 0.5) is 16.2 Å². The van der Waals surface area contributed by atoms with Gasteiger partial charge in [0.25, 0.3) is 5.91 Å². The molecule has 0 bridgehead atoms. The molecule has 0 radical (unpaired) electrons. The van der Waals surface area contributed by atoms with Gasteiger partial charge in [0.2, 0.25) is 0 Å². The van der Waals surface area contributed by atoms with E-state index >= 15 is 0 Å². The molecule has 1 unspecified atom stereocenters. The van der Waals surface area contributed by atoms with Crippen LogP contribution in [-0.4, -0.2) is 48.0 Å². The highest BCUT2D eigenvalue weighted by molar-refractivity contribution is 7.93. The van der Waals surface area contributed by atoms with Crippen LogP contribution in [-0.2, 0) is 35.9 Å². The lowest BCUT2D eigenvalue weighted by Crippen LogP contribution is -2.32. The lowest BCUT2D eigenvalue weighted by Gasteiger charge is -2.28. The molecule has 3 heterocycles. The van der Waals surface area contributed by atoms with Gasteiger partial charge in [-0.15, -0.1) is 0 Å². The normalized spacial score (nSPS) is 20.0. The first-order valence-corrected chi connectivity index (χ1v) is 15.8. The molecule has 2 aromatic carbocycles. The number of esters is 2. The summed E-state index contributed by atoms with van der Waals surface area (Å²) >= 11 is 0. The molecule has 0 spiro atoms. The molecule has 1 fully saturated rings. The Morgan fingerprint density at radius 2 is 1.48 bits per heavy atom. The van der Waals surface area contributed by atoms with Crippen molar-refractivity contribution in [1.29, 1.82) is 4.78 Å². The first-order valence-electron chi connectivity index (χ1n) is 14.5. The molecule has 0 aliphatic carbocycles. The largest absolute Gasteiger partial charge is 0.507 e. The Morgan fingerprint density at radius 3 is 2.00 bits per heavy atom. The second-order valence-electron chi connectivity index (χ2n) is 13.1. The Balaban J connectivity index is 1.65. The van der Waals surface area contributed by atoms with Crippen LogP contribution in [0.1, 0.15) is 58.2 Å². The van der Waals surface area contributed by atoms with Gasteiger partial charge >= 0.3 is 18.0 Å². The average Bonchev–Trinajstić information content (AvgIpc) is 3.47. The van der Waals surface area contributed by atoms with E-state index < -0.39 is 45.4 Å². The van der Waals surface area contributed by atoms with Gasteiger partial charge in [-0.25, -0.2) is 19.3 Å². The number of allylic oxidation sites excluding steroid dienone is 2. The summed E-state index contributed by atoms with van der Waals surface area (Å²) < 4.78 is 19.5. The van der Waals surface area contributed by atoms with Crippen LogP contribution < -0.4 is 19.3 Å². The van der Waals surface area contributed by atoms with E-state index in [9.17, 15) is 24.3 Å². The summed E-state index contributed by atoms with van der Waals surface area (Å²) in [5.74, 6) is -2.76. The molecule has 1 saturated heterocycles. The van der Waals surface area contributed by atoms with Crippen molar-refractivity contribution in [3.63, 3.8) is 0 Å². The smallest absolute Gasteiger partial charge is 0.336 e. The van der Waals surface area contributed by atoms with Gasteiger partial charge in [-0.05, 0) is 68.9 Å². The molecule has 240 valence electrons. The number of nitrogens with zero attached hydrogens (tertiary/aromatic N) is 3. The monoisotopic (exact) mass is 644 g/mol. The number of hydrogen-bond acceptors (Lipinski definition) is 9. The van der Waals surface area contributed by atoms with Crippen LogP contribution in [0.5, 0.6) is 17.2 Å². The first kappa shape index (κ1) is 32.4. The number of urea groups is 1. The third-order valence-corrected chi connectivity index (χ3v) is 9.05. The molecule has 2 aromatic rings. The van der Waals surface area contributed by atoms with Gasteiger partial charge < -0.3 is 19.5 Å². The molecular formula is C34H36N4O7S. The van der Waals surface area contributed by atoms with Crippen LogP contribution in [0.3, 0.4) is 0 Å². The van der Waals surface area contributed by atoms with E-state index in [1.807, 2.05) is 41.5 Å². The maximum atomic E-state index is 14.1. The number of aromatic hydroxyl groups is 1. The Labute approximate surface area is 270 Å². The summed E-state index contributed by atoms with van der Waals surface area (Å²) in [6.45, 7) is 11.9. The quantitative estimate of drug-likeness (QED) is 0.179. The molecule has 12 heteroatoms. The van der Waals surface area contributed by atoms with Crippen molar-refractivity contribution in [2.75, 3.05) is 23.9 Å². The number of amides is 3. The number of ether oxygens (including phenoxy) is 2. The molecule has 0 saturated carbocycles. The zero-order valence-corrected chi connectivity index (χ0v) is 27.7. The molecule has 1 atom stereocenters. The predicted octanol–water partition coefficient (Wildman–Crippen LogP) is 5.99. The minimum absolute atomic E-state index is 0.0415. The second kappa shape index (κ2) is 11.4. The van der Waals surface area contributed by atoms with Gasteiger partial charge in [-0.1, -0.05) is 47.6 Å². The maximum Gasteiger partial charge on any atom is 0.336 e. The van der Waals surface area contributed by atoms with Crippen molar-refractivity contribution in [2.24, 2.45) is 0 Å². The molecule has 46 heavy (non-hydrogen) atoms. The highest BCUT2D eigenvalue weighted by Gasteiger charge is 2.43. The lowest BCUT2D eigenvalue weighted by atomic mass is 9.78. The van der Waals surface area contributed by atoms with Crippen LogP contribution in [0.2, 0.25) is 0 Å². The number of likely N-dealkylation sites (N-methyl/N-ethyl adjacent to an activating group) is 1. The van der Waals surface area contributed by atoms with Crippen LogP contribution in [0, 0.1) is 4.78 Å². The summed E-state index contributed by atoms with van der Waals surface area (Å²) in [5.41, 5.74) is 1.37. The van der Waals surface area contributed by atoms with Crippen LogP contribution in [0.25, 0.3) is 6.08 Å². The van der Waals surface area contributed by atoms with E-state index in [-0.39, 0.29) is 34.3 Å². The highest BCUT2D eigenvalue weighted by atomic mass is 32.2. The minimum atomic E-state index is -0.984. The van der Waals surface area contributed by atoms with Crippen molar-refractivity contribution in [3.8, 4) is 17.2 Å². The molecule has 11 nitrogen and oxygen atoms in total. The van der Waals surface area contributed by atoms with Crippen molar-refractivity contribution < 1.29 is 33.8 Å². The number of rotatable bonds is 4. The zero-order valence-electron chi connectivity index (χ0n) is 26.9. The van der Waals surface area contributed by atoms with Crippen molar-refractivity contribution in [2.45, 2.75) is 52.4 Å². The van der Waals surface area contributed by atoms with Crippen LogP contribution in [0.15, 0.2) is 64.7 Å². The number of benzene rings is 2. The van der Waals surface area contributed by atoms with E-state index in [1.165, 1.54) is 24.1 Å². The molecule has 0 aromatic heterocycles. The number of phenolic OH excluding ortho intramolecular Hbond substituents is 1. The summed E-state index contributed by atoms with van der Waals surface area (Å²) in [5, 5.41) is 13.5. The van der Waals surface area contributed by atoms with Crippen molar-refractivity contribution in [1.82, 2.24) is 4.90 Å². The van der Waals surface area contributed by atoms with E-state index in [0.29, 0.717) is 21.7 Å². The summed E-state index contributed by atoms with van der Waals surface area (Å²) in [6.07, 6.45) is 6.88. The number of anilines is 2. The standard InChI is InChI=1S/C34H36N4O7S/c1-33(2,3)20-16-19(17-21(28(20)41)34(4,5)6)18-24-31(42)38(32(43)37(24)8)23-12-11-22(36(7)25-10-9-15-46(25)35)29-30(23)45-27(40)14-13-26(39)44-29/h9-18,35,41H,1-8H3/b14-13+,24-18+. The van der Waals surface area contributed by atoms with Gasteiger partial charge in [0, 0.05) is 37.4 Å². The molecule has 5 rings (SSSR count).